The lowest BCUT2D eigenvalue weighted by Crippen LogP contribution is -2.48. The summed E-state index contributed by atoms with van der Waals surface area (Å²) < 4.78 is 5.28. The Kier molecular flexibility index (Phi) is 3.80. The molecule has 0 spiro atoms. The van der Waals surface area contributed by atoms with Crippen molar-refractivity contribution in [3.8, 4) is 0 Å². The number of hydrogen-bond acceptors (Lipinski definition) is 3. The zero-order chi connectivity index (χ0) is 14.8. The van der Waals surface area contributed by atoms with Crippen molar-refractivity contribution in [2.75, 3.05) is 7.05 Å². The van der Waals surface area contributed by atoms with Crippen molar-refractivity contribution in [2.24, 2.45) is 0 Å². The number of carbonyl (C=O) groups is 1. The van der Waals surface area contributed by atoms with E-state index < -0.39 is 0 Å². The molecular weight excluding hydrogens is 264 g/mol. The average molecular weight is 284 g/mol. The van der Waals surface area contributed by atoms with Crippen molar-refractivity contribution in [3.05, 3.63) is 59.0 Å². The minimum Gasteiger partial charge on any atom is -0.469 e. The number of nitrogens with one attached hydrogen (secondary N) is 1. The fraction of sp³-hybridized carbons (Fsp3) is 0.353. The van der Waals surface area contributed by atoms with E-state index in [0.717, 1.165) is 24.3 Å². The van der Waals surface area contributed by atoms with Crippen LogP contribution in [0.25, 0.3) is 0 Å². The first-order valence-electron chi connectivity index (χ1n) is 7.23. The van der Waals surface area contributed by atoms with E-state index in [1.165, 1.54) is 11.1 Å². The van der Waals surface area contributed by atoms with E-state index in [2.05, 4.69) is 17.4 Å². The second-order valence-corrected chi connectivity index (χ2v) is 5.60. The molecule has 2 aromatic rings. The first-order valence-corrected chi connectivity index (χ1v) is 7.23. The topological polar surface area (TPSA) is 45.5 Å². The summed E-state index contributed by atoms with van der Waals surface area (Å²) in [5.74, 6) is 1.00. The molecule has 4 nitrogen and oxygen atoms in total. The highest BCUT2D eigenvalue weighted by Crippen LogP contribution is 2.18. The molecule has 0 saturated heterocycles. The summed E-state index contributed by atoms with van der Waals surface area (Å²) in [5.41, 5.74) is 3.61. The summed E-state index contributed by atoms with van der Waals surface area (Å²) in [7, 11) is 1.84. The molecular formula is C17H20N2O2. The second-order valence-electron chi connectivity index (χ2n) is 5.60. The maximum atomic E-state index is 12.6. The van der Waals surface area contributed by atoms with Gasteiger partial charge >= 0.3 is 0 Å². The van der Waals surface area contributed by atoms with Gasteiger partial charge in [-0.25, -0.2) is 0 Å². The second kappa shape index (κ2) is 5.74. The predicted molar refractivity (Wildman–Crippen MR) is 80.7 cm³/mol. The monoisotopic (exact) mass is 284 g/mol. The van der Waals surface area contributed by atoms with Crippen LogP contribution < -0.4 is 5.32 Å². The van der Waals surface area contributed by atoms with Crippen molar-refractivity contribution in [2.45, 2.75) is 32.5 Å². The van der Waals surface area contributed by atoms with Gasteiger partial charge in [-0.05, 0) is 30.5 Å². The van der Waals surface area contributed by atoms with E-state index in [1.54, 1.807) is 11.2 Å². The third-order valence-corrected chi connectivity index (χ3v) is 4.13. The molecule has 0 aliphatic carbocycles. The van der Waals surface area contributed by atoms with Crippen molar-refractivity contribution in [1.29, 1.82) is 0 Å². The Morgan fingerprint density at radius 2 is 2.10 bits per heavy atom. The third kappa shape index (κ3) is 2.85. The highest BCUT2D eigenvalue weighted by Gasteiger charge is 2.26. The molecule has 21 heavy (non-hydrogen) atoms. The summed E-state index contributed by atoms with van der Waals surface area (Å²) in [5, 5.41) is 3.34. The highest BCUT2D eigenvalue weighted by atomic mass is 16.3. The Morgan fingerprint density at radius 3 is 2.81 bits per heavy atom. The molecule has 1 aliphatic heterocycles. The van der Waals surface area contributed by atoms with Gasteiger partial charge < -0.3 is 14.6 Å². The highest BCUT2D eigenvalue weighted by molar-refractivity contribution is 5.82. The summed E-state index contributed by atoms with van der Waals surface area (Å²) in [6, 6.07) is 10.1. The van der Waals surface area contributed by atoms with E-state index >= 15 is 0 Å². The molecule has 0 radical (unpaired) electrons. The molecule has 3 rings (SSSR count). The largest absolute Gasteiger partial charge is 0.469 e. The maximum Gasteiger partial charge on any atom is 0.240 e. The van der Waals surface area contributed by atoms with Gasteiger partial charge in [-0.3, -0.25) is 4.79 Å². The van der Waals surface area contributed by atoms with E-state index in [-0.39, 0.29) is 11.9 Å². The molecule has 1 aromatic carbocycles. The average Bonchev–Trinajstić information content (AvgIpc) is 2.91. The van der Waals surface area contributed by atoms with Crippen LogP contribution in [0.2, 0.25) is 0 Å². The van der Waals surface area contributed by atoms with Crippen LogP contribution in [0.4, 0.5) is 0 Å². The number of carbonyl (C=O) groups excluding carboxylic acids is 1. The molecule has 4 heteroatoms. The summed E-state index contributed by atoms with van der Waals surface area (Å²) in [4.78, 5) is 14.3. The van der Waals surface area contributed by atoms with Crippen LogP contribution in [0.5, 0.6) is 0 Å². The SMILES string of the molecule is Cc1occc1CN(C)C(=O)C1Cc2ccccc2CN1. The lowest BCUT2D eigenvalue weighted by molar-refractivity contribution is -0.132. The Labute approximate surface area is 124 Å². The number of rotatable bonds is 3. The fourth-order valence-corrected chi connectivity index (χ4v) is 2.80. The van der Waals surface area contributed by atoms with Crippen LogP contribution in [0.15, 0.2) is 41.0 Å². The normalized spacial score (nSPS) is 17.3. The number of furan rings is 1. The van der Waals surface area contributed by atoms with Crippen LogP contribution in [0.3, 0.4) is 0 Å². The Hall–Kier alpha value is -2.07. The molecule has 1 aliphatic rings. The van der Waals surface area contributed by atoms with Crippen molar-refractivity contribution >= 4 is 5.91 Å². The van der Waals surface area contributed by atoms with Gasteiger partial charge in [0.05, 0.1) is 12.3 Å². The van der Waals surface area contributed by atoms with Crippen molar-refractivity contribution < 1.29 is 9.21 Å². The molecule has 0 fully saturated rings. The van der Waals surface area contributed by atoms with Crippen LogP contribution >= 0.6 is 0 Å². The summed E-state index contributed by atoms with van der Waals surface area (Å²) in [6.45, 7) is 3.26. The van der Waals surface area contributed by atoms with Crippen molar-refractivity contribution in [3.63, 3.8) is 0 Å². The Bertz CT molecular complexity index is 648. The number of aryl methyl sites for hydroxylation is 1. The fourth-order valence-electron chi connectivity index (χ4n) is 2.80. The smallest absolute Gasteiger partial charge is 0.240 e. The summed E-state index contributed by atoms with van der Waals surface area (Å²) >= 11 is 0. The lowest BCUT2D eigenvalue weighted by atomic mass is 9.95. The zero-order valence-corrected chi connectivity index (χ0v) is 12.4. The van der Waals surface area contributed by atoms with Crippen LogP contribution in [-0.2, 0) is 24.3 Å². The molecule has 110 valence electrons. The molecule has 0 saturated carbocycles. The Balaban J connectivity index is 1.67. The van der Waals surface area contributed by atoms with Gasteiger partial charge in [0.1, 0.15) is 5.76 Å². The lowest BCUT2D eigenvalue weighted by Gasteiger charge is -2.29. The van der Waals surface area contributed by atoms with Crippen LogP contribution in [-0.4, -0.2) is 23.9 Å². The summed E-state index contributed by atoms with van der Waals surface area (Å²) in [6.07, 6.45) is 2.42. The molecule has 1 aromatic heterocycles. The van der Waals surface area contributed by atoms with Crippen molar-refractivity contribution in [1.82, 2.24) is 10.2 Å². The van der Waals surface area contributed by atoms with Gasteiger partial charge in [-0.2, -0.15) is 0 Å². The van der Waals surface area contributed by atoms with Gasteiger partial charge in [0, 0.05) is 25.7 Å². The van der Waals surface area contributed by atoms with Crippen LogP contribution in [0.1, 0.15) is 22.5 Å². The number of hydrogen-bond donors (Lipinski definition) is 1. The molecule has 0 bridgehead atoms. The third-order valence-electron chi connectivity index (χ3n) is 4.13. The molecule has 1 amide bonds. The molecule has 1 unspecified atom stereocenters. The predicted octanol–water partition coefficient (Wildman–Crippen LogP) is 2.26. The van der Waals surface area contributed by atoms with E-state index in [4.69, 9.17) is 4.42 Å². The standard InChI is InChI=1S/C17H20N2O2/c1-12-15(7-8-21-12)11-19(2)17(20)16-9-13-5-3-4-6-14(13)10-18-16/h3-8,16,18H,9-11H2,1-2H3. The van der Waals surface area contributed by atoms with E-state index in [0.29, 0.717) is 6.54 Å². The first-order chi connectivity index (χ1) is 10.1. The Morgan fingerprint density at radius 1 is 1.33 bits per heavy atom. The number of fused-ring (bicyclic) bond motifs is 1. The van der Waals surface area contributed by atoms with Gasteiger partial charge in [0.15, 0.2) is 0 Å². The molecule has 1 N–H and O–H groups in total. The van der Waals surface area contributed by atoms with Gasteiger partial charge in [0.2, 0.25) is 5.91 Å². The van der Waals surface area contributed by atoms with E-state index in [1.807, 2.05) is 32.2 Å². The number of nitrogens with zero attached hydrogens (tertiary/aromatic N) is 1. The quantitative estimate of drug-likeness (QED) is 0.940. The molecule has 2 heterocycles. The number of benzene rings is 1. The minimum absolute atomic E-state index is 0.130. The first kappa shape index (κ1) is 13.9. The van der Waals surface area contributed by atoms with Crippen LogP contribution in [0, 0.1) is 6.92 Å². The van der Waals surface area contributed by atoms with E-state index in [9.17, 15) is 4.79 Å². The number of amides is 1. The van der Waals surface area contributed by atoms with Gasteiger partial charge in [0.25, 0.3) is 0 Å². The minimum atomic E-state index is -0.142. The van der Waals surface area contributed by atoms with Gasteiger partial charge in [-0.1, -0.05) is 24.3 Å². The molecule has 1 atom stereocenters. The zero-order valence-electron chi connectivity index (χ0n) is 12.4. The van der Waals surface area contributed by atoms with Gasteiger partial charge in [-0.15, -0.1) is 0 Å². The number of likely N-dealkylation sites (N-methyl/N-ethyl adjacent to an activating group) is 1. The maximum absolute atomic E-state index is 12.6.